The predicted octanol–water partition coefficient (Wildman–Crippen LogP) is 25.5. The molecule has 6 aromatic heterocycles. The molecular weight excluding hydrogens is 1480 g/mol. The van der Waals surface area contributed by atoms with E-state index in [-0.39, 0.29) is 5.71 Å². The Morgan fingerprint density at radius 3 is 0.708 bits per heavy atom. The van der Waals surface area contributed by atoms with E-state index in [1.54, 1.807) is 72.8 Å². The van der Waals surface area contributed by atoms with Crippen LogP contribution in [0.5, 0.6) is 11.5 Å². The number of hydrogen-bond donors (Lipinski definition) is 4. The molecule has 16 aromatic rings. The molecule has 14 nitrogen and oxygen atoms in total. The number of fused-ring (bicyclic) bond motifs is 16. The van der Waals surface area contributed by atoms with Crippen LogP contribution in [0.1, 0.15) is 66.3 Å². The van der Waals surface area contributed by atoms with Crippen LogP contribution in [0, 0.1) is 12.3 Å². The lowest BCUT2D eigenvalue weighted by atomic mass is 10.0. The number of nitrogens with zero attached hydrogens (tertiary/aromatic N) is 6. The van der Waals surface area contributed by atoms with Crippen molar-refractivity contribution in [3.05, 3.63) is 384 Å². The molecule has 0 spiro atoms. The van der Waals surface area contributed by atoms with Crippen molar-refractivity contribution in [3.63, 3.8) is 0 Å². The minimum absolute atomic E-state index is 0.229. The minimum Gasteiger partial charge on any atom is -0.423 e. The first kappa shape index (κ1) is 72.2. The molecule has 20 rings (SSSR count). The molecule has 0 amide bonds. The third kappa shape index (κ3) is 14.4. The third-order valence-electron chi connectivity index (χ3n) is 21.5. The van der Waals surface area contributed by atoms with Crippen molar-refractivity contribution >= 4 is 128 Å². The molecule has 0 atom stereocenters. The fraction of sp³-hybridized carbons (Fsp3) is 0. The molecule has 120 heavy (non-hydrogen) atoms. The Hall–Kier alpha value is -16.8. The van der Waals surface area contributed by atoms with Crippen LogP contribution in [0.4, 0.5) is 11.4 Å². The zero-order valence-electron chi connectivity index (χ0n) is 64.3. The van der Waals surface area contributed by atoms with Crippen molar-refractivity contribution in [2.75, 3.05) is 0 Å². The van der Waals surface area contributed by atoms with Gasteiger partial charge in [-0.3, -0.25) is 4.99 Å². The number of H-pyrrole nitrogens is 4. The molecule has 4 aliphatic rings. The number of terminal acetylenes is 1. The van der Waals surface area contributed by atoms with E-state index in [1.165, 1.54) is 6.21 Å². The highest BCUT2D eigenvalue weighted by atomic mass is 16.5. The van der Waals surface area contributed by atoms with Gasteiger partial charge in [0.15, 0.2) is 0 Å². The van der Waals surface area contributed by atoms with Crippen LogP contribution in [0.15, 0.2) is 338 Å². The largest absolute Gasteiger partial charge is 0.423 e. The second-order valence-electron chi connectivity index (χ2n) is 29.0. The van der Waals surface area contributed by atoms with E-state index >= 15 is 0 Å². The molecule has 0 unspecified atom stereocenters. The number of nitrogens with one attached hydrogen (secondary N) is 4. The van der Waals surface area contributed by atoms with E-state index in [1.807, 2.05) is 109 Å². The molecule has 4 N–H and O–H groups in total. The summed E-state index contributed by atoms with van der Waals surface area (Å²) < 4.78 is 12.0. The molecule has 4 aliphatic heterocycles. The number of carbonyl (C=O) groups excluding carboxylic acids is 2. The van der Waals surface area contributed by atoms with Crippen molar-refractivity contribution in [2.45, 2.75) is 0 Å². The van der Waals surface area contributed by atoms with E-state index in [4.69, 9.17) is 35.8 Å². The van der Waals surface area contributed by atoms with Crippen molar-refractivity contribution < 1.29 is 19.1 Å². The molecule has 0 radical (unpaired) electrons. The van der Waals surface area contributed by atoms with Gasteiger partial charge in [-0.15, -0.1) is 6.42 Å². The summed E-state index contributed by atoms with van der Waals surface area (Å²) in [5.41, 5.74) is 30.5. The first-order valence-electron chi connectivity index (χ1n) is 39.3. The Bertz CT molecular complexity index is 7290. The first-order valence-corrected chi connectivity index (χ1v) is 39.3. The van der Waals surface area contributed by atoms with Crippen LogP contribution in [-0.4, -0.2) is 63.7 Å². The number of benzene rings is 10. The highest BCUT2D eigenvalue weighted by Gasteiger charge is 2.24. The van der Waals surface area contributed by atoms with E-state index in [9.17, 15) is 9.59 Å². The molecule has 14 heteroatoms. The maximum Gasteiger partial charge on any atom is 0.343 e. The Morgan fingerprint density at radius 2 is 0.483 bits per heavy atom. The average Bonchev–Trinajstić information content (AvgIpc) is 1.62. The maximum atomic E-state index is 13.9. The average molecular weight is 1550 g/mol. The van der Waals surface area contributed by atoms with E-state index < -0.39 is 11.9 Å². The van der Waals surface area contributed by atoms with Crippen molar-refractivity contribution in [2.24, 2.45) is 9.98 Å². The van der Waals surface area contributed by atoms with Crippen LogP contribution in [-0.2, 0) is 0 Å². The number of aromatic nitrogens is 8. The quantitative estimate of drug-likeness (QED) is 0.0337. The van der Waals surface area contributed by atoms with E-state index in [0.29, 0.717) is 34.0 Å². The number of rotatable bonds is 15. The second-order valence-corrected chi connectivity index (χ2v) is 29.0. The van der Waals surface area contributed by atoms with Crippen LogP contribution in [0.2, 0.25) is 0 Å². The minimum atomic E-state index is -0.559. The van der Waals surface area contributed by atoms with Gasteiger partial charge < -0.3 is 29.4 Å². The summed E-state index contributed by atoms with van der Waals surface area (Å²) in [6, 6.07) is 107. The summed E-state index contributed by atoms with van der Waals surface area (Å²) in [5.74, 6) is 2.19. The van der Waals surface area contributed by atoms with Crippen LogP contribution in [0.3, 0.4) is 0 Å². The zero-order valence-corrected chi connectivity index (χ0v) is 64.3. The van der Waals surface area contributed by atoms with Crippen molar-refractivity contribution in [1.82, 2.24) is 39.9 Å². The lowest BCUT2D eigenvalue weighted by Gasteiger charge is -2.08. The van der Waals surface area contributed by atoms with Crippen LogP contribution in [0.25, 0.3) is 182 Å². The van der Waals surface area contributed by atoms with Gasteiger partial charge in [0.2, 0.25) is 0 Å². The molecule has 0 aliphatic carbocycles. The summed E-state index contributed by atoms with van der Waals surface area (Å²) >= 11 is 0. The zero-order chi connectivity index (χ0) is 80.4. The summed E-state index contributed by atoms with van der Waals surface area (Å²) in [7, 11) is 0. The SMILES string of the molecule is C#CC(C=Nc1ccc(C(=O)Oc2ccc(-c3c4nc(c(-c5ccccc5)c5ccc([nH]5)c(-c5ccccc5)c5nc(c(-c6ccccc6)c6ccc3[nH]6)C=C5)C=C4)cc2)cc1)=Nc1ccc(C(=O)Oc2ccc(-c3c4nc(c(-c5ccccc5)c5ccc([nH]5)c(-c5ccccc5)c5nc(c(-c6ccccc6)c6ccc3[nH]6)C=C5)C=C4)cc2)cc1. The number of aromatic amines is 4. The van der Waals surface area contributed by atoms with E-state index in [0.717, 1.165) is 179 Å². The summed E-state index contributed by atoms with van der Waals surface area (Å²) in [5, 5.41) is 0. The highest BCUT2D eigenvalue weighted by Crippen LogP contribution is 2.43. The normalized spacial score (nSPS) is 12.1. The van der Waals surface area contributed by atoms with Gasteiger partial charge in [-0.05, 0) is 220 Å². The Labute approximate surface area is 689 Å². The smallest absolute Gasteiger partial charge is 0.343 e. The molecule has 10 heterocycles. The molecule has 566 valence electrons. The Morgan fingerprint density at radius 1 is 0.267 bits per heavy atom. The van der Waals surface area contributed by atoms with Crippen LogP contribution < -0.4 is 9.47 Å². The number of carbonyl (C=O) groups is 2. The number of aliphatic imine (C=N–C) groups is 2. The Balaban J connectivity index is 0.545. The summed E-state index contributed by atoms with van der Waals surface area (Å²) in [6.45, 7) is 0. The molecule has 16 bridgehead atoms. The van der Waals surface area contributed by atoms with Crippen molar-refractivity contribution in [3.8, 4) is 113 Å². The van der Waals surface area contributed by atoms with Gasteiger partial charge in [0, 0.05) is 88.6 Å². The predicted molar refractivity (Wildman–Crippen MR) is 488 cm³/mol. The number of esters is 2. The number of ether oxygens (including phenoxy) is 2. The lowest BCUT2D eigenvalue weighted by molar-refractivity contribution is 0.0725. The Kier molecular flexibility index (Phi) is 19.0. The summed E-state index contributed by atoms with van der Waals surface area (Å²) in [4.78, 5) is 74.0. The van der Waals surface area contributed by atoms with Gasteiger partial charge in [-0.1, -0.05) is 206 Å². The summed E-state index contributed by atoms with van der Waals surface area (Å²) in [6.07, 6.45) is 24.1. The van der Waals surface area contributed by atoms with Gasteiger partial charge in [-0.25, -0.2) is 34.5 Å². The molecule has 10 aromatic carbocycles. The standard InChI is InChI=1S/C106H68N10O4/c1-2-76(108-78-43-35-75(36-44-78)106(118)120-80-47-39-73(40-48-80)104-95-63-59-91(115-95)101(70-29-17-7-18-30-70)87-55-51-83(111-87)98(67-23-11-4-12-24-67)84-52-56-88(112-84)102(71-31-19-8-20-32-71)92-60-64-96(104)116-92)65-107-77-41-33-74(34-42-77)105(117)119-79-45-37-72(38-46-79)103-93-61-57-89(113-93)99(68-25-13-5-14-26-68)85-53-49-81(109-85)97(66-21-9-3-10-22-66)82-50-54-86(110-82)100(69-27-15-6-16-28-69)90-58-62-94(103)114-90/h1,3-65,109,111,114,116H. The highest BCUT2D eigenvalue weighted by molar-refractivity contribution is 6.39. The molecular formula is C106H68N10O4. The van der Waals surface area contributed by atoms with E-state index in [2.05, 4.69) is 230 Å². The molecule has 0 saturated carbocycles. The van der Waals surface area contributed by atoms with Gasteiger partial charge in [0.25, 0.3) is 0 Å². The van der Waals surface area contributed by atoms with Gasteiger partial charge in [-0.2, -0.15) is 0 Å². The third-order valence-corrected chi connectivity index (χ3v) is 21.5. The topological polar surface area (TPSA) is 192 Å². The van der Waals surface area contributed by atoms with Gasteiger partial charge in [0.1, 0.15) is 17.2 Å². The van der Waals surface area contributed by atoms with Crippen LogP contribution >= 0.6 is 0 Å². The second kappa shape index (κ2) is 31.6. The lowest BCUT2D eigenvalue weighted by Crippen LogP contribution is -2.08. The van der Waals surface area contributed by atoms with Gasteiger partial charge >= 0.3 is 11.9 Å². The fourth-order valence-corrected chi connectivity index (χ4v) is 15.9. The molecule has 0 fully saturated rings. The monoisotopic (exact) mass is 1540 g/mol. The number of hydrogen-bond acceptors (Lipinski definition) is 10. The van der Waals surface area contributed by atoms with Gasteiger partial charge in [0.05, 0.1) is 74.3 Å². The first-order chi connectivity index (χ1) is 59.2. The maximum absolute atomic E-state index is 13.9. The molecule has 0 saturated heterocycles. The fourth-order valence-electron chi connectivity index (χ4n) is 15.9. The van der Waals surface area contributed by atoms with Crippen molar-refractivity contribution in [1.29, 1.82) is 0 Å².